The van der Waals surface area contributed by atoms with Crippen LogP contribution in [0.1, 0.15) is 12.8 Å². The first-order valence-electron chi connectivity index (χ1n) is 6.00. The molecule has 0 aromatic heterocycles. The fourth-order valence-electron chi connectivity index (χ4n) is 2.59. The van der Waals surface area contributed by atoms with Crippen LogP contribution in [0.5, 0.6) is 0 Å². The van der Waals surface area contributed by atoms with Crippen LogP contribution in [0.25, 0.3) is 0 Å². The molecular weight excluding hydrogens is 226 g/mol. The van der Waals surface area contributed by atoms with Gasteiger partial charge in [-0.3, -0.25) is 9.80 Å². The third-order valence-corrected chi connectivity index (χ3v) is 4.11. The molecule has 2 fully saturated rings. The highest BCUT2D eigenvalue weighted by Crippen LogP contribution is 2.14. The smallest absolute Gasteiger partial charge is 0.167 e. The summed E-state index contributed by atoms with van der Waals surface area (Å²) in [6.45, 7) is 6.20. The summed E-state index contributed by atoms with van der Waals surface area (Å²) >= 11 is -1.68. The molecular formula is C10H21N3O2S. The Hall–Kier alpha value is -0.0100. The second-order valence-electron chi connectivity index (χ2n) is 4.59. The fourth-order valence-corrected chi connectivity index (χ4v) is 3.16. The van der Waals surface area contributed by atoms with Crippen molar-refractivity contribution in [2.24, 2.45) is 0 Å². The first kappa shape index (κ1) is 12.4. The van der Waals surface area contributed by atoms with Gasteiger partial charge in [-0.1, -0.05) is 0 Å². The second kappa shape index (κ2) is 6.07. The van der Waals surface area contributed by atoms with Crippen molar-refractivity contribution >= 4 is 11.1 Å². The zero-order valence-corrected chi connectivity index (χ0v) is 10.4. The van der Waals surface area contributed by atoms with Crippen molar-refractivity contribution in [3.8, 4) is 0 Å². The van der Waals surface area contributed by atoms with Crippen LogP contribution in [0.3, 0.4) is 0 Å². The first-order chi connectivity index (χ1) is 7.75. The Labute approximate surface area is 99.5 Å². The molecule has 2 N–H and O–H groups in total. The van der Waals surface area contributed by atoms with E-state index in [1.807, 2.05) is 0 Å². The van der Waals surface area contributed by atoms with Crippen molar-refractivity contribution in [1.82, 2.24) is 15.1 Å². The summed E-state index contributed by atoms with van der Waals surface area (Å²) in [6, 6.07) is 0.725. The van der Waals surface area contributed by atoms with E-state index in [1.54, 1.807) is 0 Å². The van der Waals surface area contributed by atoms with Gasteiger partial charge in [-0.25, -0.2) is 4.21 Å². The summed E-state index contributed by atoms with van der Waals surface area (Å²) in [6.07, 6.45) is 2.48. The highest BCUT2D eigenvalue weighted by molar-refractivity contribution is 7.79. The average Bonchev–Trinajstić information content (AvgIpc) is 2.30. The van der Waals surface area contributed by atoms with Crippen LogP contribution in [-0.4, -0.2) is 69.7 Å². The minimum Gasteiger partial charge on any atom is -0.317 e. The van der Waals surface area contributed by atoms with Crippen LogP contribution in [-0.2, 0) is 11.1 Å². The minimum absolute atomic E-state index is 0.306. The third kappa shape index (κ3) is 3.49. The fraction of sp³-hybridized carbons (Fsp3) is 1.00. The zero-order chi connectivity index (χ0) is 11.4. The van der Waals surface area contributed by atoms with E-state index < -0.39 is 11.1 Å². The van der Waals surface area contributed by atoms with E-state index >= 15 is 0 Å². The normalized spacial score (nSPS) is 28.1. The van der Waals surface area contributed by atoms with Crippen molar-refractivity contribution in [2.45, 2.75) is 18.9 Å². The molecule has 0 aliphatic carbocycles. The highest BCUT2D eigenvalue weighted by atomic mass is 32.2. The molecule has 2 aliphatic rings. The van der Waals surface area contributed by atoms with E-state index in [0.29, 0.717) is 5.88 Å². The summed E-state index contributed by atoms with van der Waals surface area (Å²) < 4.78 is 19.5. The quantitative estimate of drug-likeness (QED) is 0.661. The van der Waals surface area contributed by atoms with Crippen molar-refractivity contribution < 1.29 is 8.76 Å². The van der Waals surface area contributed by atoms with Crippen molar-refractivity contribution in [1.29, 1.82) is 0 Å². The molecule has 1 unspecified atom stereocenters. The van der Waals surface area contributed by atoms with Crippen molar-refractivity contribution in [3.63, 3.8) is 0 Å². The molecule has 2 saturated heterocycles. The SMILES string of the molecule is O=S(O)CN1CCN(C2CCNCC2)CC1. The summed E-state index contributed by atoms with van der Waals surface area (Å²) in [5, 5.41) is 3.38. The van der Waals surface area contributed by atoms with Crippen LogP contribution in [0.2, 0.25) is 0 Å². The predicted molar refractivity (Wildman–Crippen MR) is 64.7 cm³/mol. The molecule has 0 aromatic carbocycles. The van der Waals surface area contributed by atoms with E-state index in [1.165, 1.54) is 12.8 Å². The minimum atomic E-state index is -1.68. The molecule has 0 saturated carbocycles. The number of hydrogen-bond acceptors (Lipinski definition) is 4. The van der Waals surface area contributed by atoms with Crippen molar-refractivity contribution in [2.75, 3.05) is 45.1 Å². The zero-order valence-electron chi connectivity index (χ0n) is 9.60. The molecule has 2 heterocycles. The lowest BCUT2D eigenvalue weighted by Crippen LogP contribution is -2.53. The van der Waals surface area contributed by atoms with Crippen LogP contribution in [0.4, 0.5) is 0 Å². The summed E-state index contributed by atoms with van der Waals surface area (Å²) in [5.74, 6) is 0.306. The molecule has 1 atom stereocenters. The van der Waals surface area contributed by atoms with Crippen molar-refractivity contribution in [3.05, 3.63) is 0 Å². The predicted octanol–water partition coefficient (Wildman–Crippen LogP) is -0.465. The number of piperidine rings is 1. The summed E-state index contributed by atoms with van der Waals surface area (Å²) in [7, 11) is 0. The average molecular weight is 247 g/mol. The molecule has 0 radical (unpaired) electrons. The van der Waals surface area contributed by atoms with Gasteiger partial charge in [-0.15, -0.1) is 0 Å². The van der Waals surface area contributed by atoms with Gasteiger partial charge in [0.15, 0.2) is 11.1 Å². The summed E-state index contributed by atoms with van der Waals surface area (Å²) in [4.78, 5) is 4.62. The van der Waals surface area contributed by atoms with Crippen LogP contribution >= 0.6 is 0 Å². The molecule has 2 rings (SSSR count). The summed E-state index contributed by atoms with van der Waals surface area (Å²) in [5.41, 5.74) is 0. The van der Waals surface area contributed by atoms with Gasteiger partial charge in [0, 0.05) is 32.2 Å². The van der Waals surface area contributed by atoms with E-state index in [2.05, 4.69) is 15.1 Å². The standard InChI is InChI=1S/C10H21N3O2S/c14-16(15)9-12-5-7-13(8-6-12)10-1-3-11-4-2-10/h10-11H,1-9H2,(H,14,15). The van der Waals surface area contributed by atoms with Gasteiger partial charge in [-0.2, -0.15) is 0 Å². The molecule has 2 aliphatic heterocycles. The van der Waals surface area contributed by atoms with E-state index in [0.717, 1.165) is 45.3 Å². The molecule has 6 heteroatoms. The van der Waals surface area contributed by atoms with E-state index in [4.69, 9.17) is 4.55 Å². The number of hydrogen-bond donors (Lipinski definition) is 2. The molecule has 16 heavy (non-hydrogen) atoms. The lowest BCUT2D eigenvalue weighted by Gasteiger charge is -2.40. The van der Waals surface area contributed by atoms with E-state index in [-0.39, 0.29) is 0 Å². The van der Waals surface area contributed by atoms with Crippen LogP contribution in [0, 0.1) is 0 Å². The lowest BCUT2D eigenvalue weighted by atomic mass is 10.0. The molecule has 0 amide bonds. The van der Waals surface area contributed by atoms with E-state index in [9.17, 15) is 4.21 Å². The Morgan fingerprint density at radius 2 is 1.81 bits per heavy atom. The Balaban J connectivity index is 1.73. The van der Waals surface area contributed by atoms with Gasteiger partial charge in [0.05, 0.1) is 0 Å². The highest BCUT2D eigenvalue weighted by Gasteiger charge is 2.25. The molecule has 0 bridgehead atoms. The topological polar surface area (TPSA) is 55.8 Å². The maximum atomic E-state index is 10.7. The van der Waals surface area contributed by atoms with Crippen LogP contribution in [0.15, 0.2) is 0 Å². The maximum Gasteiger partial charge on any atom is 0.167 e. The Morgan fingerprint density at radius 1 is 1.19 bits per heavy atom. The van der Waals surface area contributed by atoms with Gasteiger partial charge >= 0.3 is 0 Å². The van der Waals surface area contributed by atoms with Gasteiger partial charge < -0.3 is 9.87 Å². The molecule has 94 valence electrons. The Kier molecular flexibility index (Phi) is 4.72. The molecule has 5 nitrogen and oxygen atoms in total. The number of nitrogens with zero attached hydrogens (tertiary/aromatic N) is 2. The van der Waals surface area contributed by atoms with Gasteiger partial charge in [-0.05, 0) is 25.9 Å². The Bertz CT molecular complexity index is 238. The lowest BCUT2D eigenvalue weighted by molar-refractivity contribution is 0.0908. The third-order valence-electron chi connectivity index (χ3n) is 3.52. The number of piperazine rings is 1. The van der Waals surface area contributed by atoms with Gasteiger partial charge in [0.2, 0.25) is 0 Å². The Morgan fingerprint density at radius 3 is 2.38 bits per heavy atom. The molecule has 0 spiro atoms. The number of rotatable bonds is 3. The number of nitrogens with one attached hydrogen (secondary N) is 1. The largest absolute Gasteiger partial charge is 0.317 e. The monoisotopic (exact) mass is 247 g/mol. The van der Waals surface area contributed by atoms with Gasteiger partial charge in [0.25, 0.3) is 0 Å². The first-order valence-corrected chi connectivity index (χ1v) is 7.28. The second-order valence-corrected chi connectivity index (χ2v) is 5.49. The van der Waals surface area contributed by atoms with Gasteiger partial charge in [0.1, 0.15) is 5.88 Å². The molecule has 0 aromatic rings. The van der Waals surface area contributed by atoms with Crippen LogP contribution < -0.4 is 5.32 Å². The maximum absolute atomic E-state index is 10.7.